The van der Waals surface area contributed by atoms with Crippen molar-refractivity contribution in [3.63, 3.8) is 0 Å². The van der Waals surface area contributed by atoms with Crippen LogP contribution in [0, 0.1) is 0 Å². The molecule has 1 saturated heterocycles. The normalized spacial score (nSPS) is 16.0. The summed E-state index contributed by atoms with van der Waals surface area (Å²) in [5.41, 5.74) is 0.974. The summed E-state index contributed by atoms with van der Waals surface area (Å²) in [7, 11) is 0. The zero-order valence-corrected chi connectivity index (χ0v) is 15.8. The third-order valence-electron chi connectivity index (χ3n) is 4.51. The molecule has 1 fully saturated rings. The lowest BCUT2D eigenvalue weighted by atomic mass is 9.96. The highest BCUT2D eigenvalue weighted by atomic mass is 32.2. The average Bonchev–Trinajstić information content (AvgIpc) is 2.92. The summed E-state index contributed by atoms with van der Waals surface area (Å²) in [5.74, 6) is -1.18. The Kier molecular flexibility index (Phi) is 4.68. The Morgan fingerprint density at radius 1 is 1.07 bits per heavy atom. The van der Waals surface area contributed by atoms with Gasteiger partial charge in [0.2, 0.25) is 0 Å². The van der Waals surface area contributed by atoms with Crippen molar-refractivity contribution in [3.8, 4) is 0 Å². The molecule has 1 aliphatic rings. The van der Waals surface area contributed by atoms with Gasteiger partial charge >= 0.3 is 5.97 Å². The third kappa shape index (κ3) is 3.34. The molecule has 1 amide bonds. The Morgan fingerprint density at radius 2 is 1.67 bits per heavy atom. The van der Waals surface area contributed by atoms with Crippen LogP contribution >= 0.6 is 24.0 Å². The number of thioether (sulfide) groups is 1. The standard InChI is InChI=1S/C21H15NO3S2/c23-19(24)9-10-22-20(25)18(27-21(22)26)12-17-15-7-3-1-5-13(15)11-14-6-2-4-8-16(14)17/h1-8,11-12H,9-10H2,(H,23,24). The van der Waals surface area contributed by atoms with E-state index in [9.17, 15) is 9.59 Å². The van der Waals surface area contributed by atoms with Crippen LogP contribution in [0.15, 0.2) is 59.5 Å². The minimum absolute atomic E-state index is 0.0909. The Hall–Kier alpha value is -2.70. The topological polar surface area (TPSA) is 57.6 Å². The van der Waals surface area contributed by atoms with Crippen molar-refractivity contribution in [1.82, 2.24) is 4.90 Å². The fourth-order valence-corrected chi connectivity index (χ4v) is 4.53. The van der Waals surface area contributed by atoms with Crippen LogP contribution in [0.2, 0.25) is 0 Å². The summed E-state index contributed by atoms with van der Waals surface area (Å²) in [6, 6.07) is 18.3. The molecule has 4 nitrogen and oxygen atoms in total. The Balaban J connectivity index is 1.83. The number of carbonyl (C=O) groups is 2. The summed E-state index contributed by atoms with van der Waals surface area (Å²) >= 11 is 6.51. The highest BCUT2D eigenvalue weighted by Gasteiger charge is 2.32. The molecule has 0 atom stereocenters. The van der Waals surface area contributed by atoms with Gasteiger partial charge in [-0.15, -0.1) is 0 Å². The van der Waals surface area contributed by atoms with Crippen LogP contribution in [0.1, 0.15) is 12.0 Å². The molecule has 1 aliphatic heterocycles. The third-order valence-corrected chi connectivity index (χ3v) is 5.89. The van der Waals surface area contributed by atoms with Crippen molar-refractivity contribution in [3.05, 3.63) is 65.1 Å². The number of hydrogen-bond donors (Lipinski definition) is 1. The van der Waals surface area contributed by atoms with E-state index in [1.165, 1.54) is 16.7 Å². The molecular formula is C21H15NO3S2. The lowest BCUT2D eigenvalue weighted by molar-refractivity contribution is -0.137. The van der Waals surface area contributed by atoms with E-state index in [0.717, 1.165) is 27.1 Å². The van der Waals surface area contributed by atoms with Gasteiger partial charge in [0.25, 0.3) is 5.91 Å². The molecule has 6 heteroatoms. The lowest BCUT2D eigenvalue weighted by Gasteiger charge is -2.12. The second-order valence-electron chi connectivity index (χ2n) is 6.21. The van der Waals surface area contributed by atoms with E-state index >= 15 is 0 Å². The zero-order valence-electron chi connectivity index (χ0n) is 14.2. The molecule has 0 radical (unpaired) electrons. The average molecular weight is 393 g/mol. The number of benzene rings is 3. The summed E-state index contributed by atoms with van der Waals surface area (Å²) in [4.78, 5) is 25.5. The van der Waals surface area contributed by atoms with Gasteiger partial charge < -0.3 is 5.11 Å². The van der Waals surface area contributed by atoms with E-state index in [1.807, 2.05) is 42.5 Å². The van der Waals surface area contributed by atoms with E-state index in [-0.39, 0.29) is 18.9 Å². The van der Waals surface area contributed by atoms with E-state index < -0.39 is 5.97 Å². The number of carboxylic acids is 1. The Labute approximate surface area is 165 Å². The van der Waals surface area contributed by atoms with Crippen molar-refractivity contribution >= 4 is 67.8 Å². The summed E-state index contributed by atoms with van der Waals surface area (Å²) in [5, 5.41) is 13.2. The molecule has 1 heterocycles. The van der Waals surface area contributed by atoms with E-state index in [4.69, 9.17) is 17.3 Å². The van der Waals surface area contributed by atoms with Gasteiger partial charge in [0.15, 0.2) is 0 Å². The van der Waals surface area contributed by atoms with Crippen LogP contribution < -0.4 is 0 Å². The first-order valence-electron chi connectivity index (χ1n) is 8.42. The Bertz CT molecular complexity index is 1080. The van der Waals surface area contributed by atoms with E-state index in [2.05, 4.69) is 18.2 Å². The zero-order chi connectivity index (χ0) is 19.0. The number of amides is 1. The number of fused-ring (bicyclic) bond motifs is 2. The minimum Gasteiger partial charge on any atom is -0.481 e. The molecular weight excluding hydrogens is 378 g/mol. The maximum atomic E-state index is 12.8. The molecule has 134 valence electrons. The molecule has 0 bridgehead atoms. The quantitative estimate of drug-likeness (QED) is 0.397. The molecule has 4 rings (SSSR count). The number of nitrogens with zero attached hydrogens (tertiary/aromatic N) is 1. The van der Waals surface area contributed by atoms with Crippen LogP contribution in [0.3, 0.4) is 0 Å². The highest BCUT2D eigenvalue weighted by molar-refractivity contribution is 8.26. The Morgan fingerprint density at radius 3 is 2.26 bits per heavy atom. The first-order chi connectivity index (χ1) is 13.0. The molecule has 3 aromatic carbocycles. The van der Waals surface area contributed by atoms with Gasteiger partial charge in [0.1, 0.15) is 4.32 Å². The minimum atomic E-state index is -0.951. The maximum absolute atomic E-state index is 12.8. The number of rotatable bonds is 4. The van der Waals surface area contributed by atoms with Crippen LogP contribution in [-0.4, -0.2) is 32.7 Å². The molecule has 1 N–H and O–H groups in total. The van der Waals surface area contributed by atoms with Gasteiger partial charge in [0.05, 0.1) is 11.3 Å². The van der Waals surface area contributed by atoms with Gasteiger partial charge in [0, 0.05) is 6.54 Å². The highest BCUT2D eigenvalue weighted by Crippen LogP contribution is 2.36. The fraction of sp³-hybridized carbons (Fsp3) is 0.0952. The van der Waals surface area contributed by atoms with Gasteiger partial charge in [-0.3, -0.25) is 14.5 Å². The summed E-state index contributed by atoms with van der Waals surface area (Å²) in [6.45, 7) is 0.0909. The first kappa shape index (κ1) is 17.7. The molecule has 3 aromatic rings. The van der Waals surface area contributed by atoms with Crippen LogP contribution in [0.4, 0.5) is 0 Å². The van der Waals surface area contributed by atoms with Gasteiger partial charge in [-0.2, -0.15) is 0 Å². The van der Waals surface area contributed by atoms with Crippen molar-refractivity contribution < 1.29 is 14.7 Å². The predicted molar refractivity (Wildman–Crippen MR) is 114 cm³/mol. The number of carbonyl (C=O) groups excluding carboxylic acids is 1. The molecule has 0 unspecified atom stereocenters. The molecule has 0 spiro atoms. The molecule has 0 aliphatic carbocycles. The smallest absolute Gasteiger partial charge is 0.305 e. The molecule has 0 saturated carbocycles. The number of thiocarbonyl (C=S) groups is 1. The second kappa shape index (κ2) is 7.13. The number of hydrogen-bond acceptors (Lipinski definition) is 4. The van der Waals surface area contributed by atoms with Crippen molar-refractivity contribution in [2.45, 2.75) is 6.42 Å². The van der Waals surface area contributed by atoms with E-state index in [1.54, 1.807) is 0 Å². The van der Waals surface area contributed by atoms with E-state index in [0.29, 0.717) is 9.23 Å². The largest absolute Gasteiger partial charge is 0.481 e. The van der Waals surface area contributed by atoms with Gasteiger partial charge in [-0.25, -0.2) is 0 Å². The number of carboxylic acid groups (broad SMARTS) is 1. The van der Waals surface area contributed by atoms with Crippen molar-refractivity contribution in [1.29, 1.82) is 0 Å². The summed E-state index contributed by atoms with van der Waals surface area (Å²) < 4.78 is 0.400. The molecule has 0 aromatic heterocycles. The van der Waals surface area contributed by atoms with Crippen molar-refractivity contribution in [2.75, 3.05) is 6.54 Å². The fourth-order valence-electron chi connectivity index (χ4n) is 3.24. The van der Waals surface area contributed by atoms with Gasteiger partial charge in [-0.05, 0) is 39.3 Å². The van der Waals surface area contributed by atoms with Crippen LogP contribution in [0.25, 0.3) is 27.6 Å². The van der Waals surface area contributed by atoms with Crippen LogP contribution in [-0.2, 0) is 9.59 Å². The summed E-state index contributed by atoms with van der Waals surface area (Å²) in [6.07, 6.45) is 1.75. The predicted octanol–water partition coefficient (Wildman–Crippen LogP) is 4.67. The molecule has 27 heavy (non-hydrogen) atoms. The second-order valence-corrected chi connectivity index (χ2v) is 7.89. The first-order valence-corrected chi connectivity index (χ1v) is 9.65. The van der Waals surface area contributed by atoms with Crippen LogP contribution in [0.5, 0.6) is 0 Å². The lowest BCUT2D eigenvalue weighted by Crippen LogP contribution is -2.30. The SMILES string of the molecule is O=C(O)CCN1C(=O)C(=Cc2c3ccccc3cc3ccccc23)SC1=S. The van der Waals surface area contributed by atoms with Gasteiger partial charge in [-0.1, -0.05) is 72.5 Å². The maximum Gasteiger partial charge on any atom is 0.305 e. The monoisotopic (exact) mass is 393 g/mol. The van der Waals surface area contributed by atoms with Crippen molar-refractivity contribution in [2.24, 2.45) is 0 Å². The number of aliphatic carboxylic acids is 1.